The minimum Gasteiger partial charge on any atom is -0.347 e. The molecule has 0 unspecified atom stereocenters. The van der Waals surface area contributed by atoms with Crippen molar-refractivity contribution in [2.45, 2.75) is 43.0 Å². The molecule has 2 saturated heterocycles. The van der Waals surface area contributed by atoms with Gasteiger partial charge in [0, 0.05) is 43.4 Å². The van der Waals surface area contributed by atoms with E-state index in [-0.39, 0.29) is 5.91 Å². The van der Waals surface area contributed by atoms with Gasteiger partial charge in [0.2, 0.25) is 0 Å². The Balaban J connectivity index is 1.13. The molecular formula is C29H30N4O3S. The van der Waals surface area contributed by atoms with E-state index in [1.807, 2.05) is 41.4 Å². The van der Waals surface area contributed by atoms with Crippen LogP contribution < -0.4 is 0 Å². The normalized spacial score (nSPS) is 17.1. The highest BCUT2D eigenvalue weighted by Crippen LogP contribution is 2.32. The number of imidazole rings is 1. The summed E-state index contributed by atoms with van der Waals surface area (Å²) < 4.78 is 13.8. The van der Waals surface area contributed by atoms with Crippen molar-refractivity contribution in [2.24, 2.45) is 0 Å². The van der Waals surface area contributed by atoms with Crippen LogP contribution >= 0.6 is 11.8 Å². The number of piperidine rings is 1. The first-order valence-corrected chi connectivity index (χ1v) is 13.7. The molecule has 0 bridgehead atoms. The molecule has 6 rings (SSSR count). The number of hydrogen-bond acceptors (Lipinski definition) is 6. The molecule has 2 fully saturated rings. The van der Waals surface area contributed by atoms with Crippen LogP contribution in [0.25, 0.3) is 11.0 Å². The predicted octanol–water partition coefficient (Wildman–Crippen LogP) is 5.06. The van der Waals surface area contributed by atoms with Gasteiger partial charge in [-0.25, -0.2) is 4.98 Å². The molecule has 0 aliphatic carbocycles. The Kier molecular flexibility index (Phi) is 6.71. The third-order valence-corrected chi connectivity index (χ3v) is 8.35. The number of ether oxygens (including phenoxy) is 2. The summed E-state index contributed by atoms with van der Waals surface area (Å²) in [4.78, 5) is 24.2. The molecule has 0 atom stereocenters. The van der Waals surface area contributed by atoms with Gasteiger partial charge < -0.3 is 18.9 Å². The summed E-state index contributed by atoms with van der Waals surface area (Å²) in [5.41, 5.74) is 6.38. The number of carbonyl (C=O) groups excluding carboxylic acids is 1. The van der Waals surface area contributed by atoms with Gasteiger partial charge in [0.15, 0.2) is 10.9 Å². The molecule has 1 amide bonds. The lowest BCUT2D eigenvalue weighted by atomic mass is 10.0. The fourth-order valence-electron chi connectivity index (χ4n) is 5.08. The number of pyridine rings is 1. The Morgan fingerprint density at radius 2 is 1.78 bits per heavy atom. The highest BCUT2D eigenvalue weighted by molar-refractivity contribution is 7.98. The maximum absolute atomic E-state index is 13.1. The minimum atomic E-state index is -0.469. The summed E-state index contributed by atoms with van der Waals surface area (Å²) in [6.45, 7) is 5.49. The zero-order valence-corrected chi connectivity index (χ0v) is 21.7. The lowest BCUT2D eigenvalue weighted by Crippen LogP contribution is -2.47. The van der Waals surface area contributed by atoms with Crippen LogP contribution in [0.5, 0.6) is 0 Å². The molecule has 2 aliphatic rings. The quantitative estimate of drug-likeness (QED) is 0.335. The van der Waals surface area contributed by atoms with Crippen molar-refractivity contribution >= 4 is 28.7 Å². The number of carbonyl (C=O) groups is 1. The van der Waals surface area contributed by atoms with Gasteiger partial charge in [0.1, 0.15) is 0 Å². The second kappa shape index (κ2) is 10.3. The number of rotatable bonds is 6. The van der Waals surface area contributed by atoms with E-state index in [0.29, 0.717) is 26.3 Å². The van der Waals surface area contributed by atoms with E-state index in [9.17, 15) is 4.79 Å². The van der Waals surface area contributed by atoms with Gasteiger partial charge in [-0.2, -0.15) is 0 Å². The lowest BCUT2D eigenvalue weighted by Gasteiger charge is -2.37. The summed E-state index contributed by atoms with van der Waals surface area (Å²) in [5.74, 6) is 0.364. The number of hydrogen-bond donors (Lipinski definition) is 0. The Hall–Kier alpha value is -3.20. The zero-order valence-electron chi connectivity index (χ0n) is 20.9. The number of likely N-dealkylation sites (tertiary alicyclic amines) is 1. The van der Waals surface area contributed by atoms with Crippen LogP contribution in [0.1, 0.15) is 39.9 Å². The van der Waals surface area contributed by atoms with E-state index in [4.69, 9.17) is 14.5 Å². The van der Waals surface area contributed by atoms with E-state index in [0.717, 1.165) is 52.5 Å². The van der Waals surface area contributed by atoms with Gasteiger partial charge in [0.05, 0.1) is 37.0 Å². The fourth-order valence-corrected chi connectivity index (χ4v) is 6.05. The molecule has 4 aromatic rings. The Labute approximate surface area is 220 Å². The number of aromatic nitrogens is 3. The summed E-state index contributed by atoms with van der Waals surface area (Å²) in [7, 11) is 0. The van der Waals surface area contributed by atoms with E-state index in [2.05, 4.69) is 40.7 Å². The first kappa shape index (κ1) is 24.2. The summed E-state index contributed by atoms with van der Waals surface area (Å²) >= 11 is 1.70. The third kappa shape index (κ3) is 5.01. The van der Waals surface area contributed by atoms with Crippen molar-refractivity contribution in [2.75, 3.05) is 26.3 Å². The van der Waals surface area contributed by atoms with Crippen LogP contribution in [-0.4, -0.2) is 57.4 Å². The van der Waals surface area contributed by atoms with Crippen LogP contribution in [0.3, 0.4) is 0 Å². The van der Waals surface area contributed by atoms with Crippen molar-refractivity contribution in [3.8, 4) is 0 Å². The number of benzene rings is 2. The van der Waals surface area contributed by atoms with Crippen LogP contribution in [0.2, 0.25) is 0 Å². The maximum atomic E-state index is 13.1. The zero-order chi connectivity index (χ0) is 25.2. The summed E-state index contributed by atoms with van der Waals surface area (Å²) in [5, 5.41) is 0.963. The van der Waals surface area contributed by atoms with Gasteiger partial charge in [-0.3, -0.25) is 9.78 Å². The van der Waals surface area contributed by atoms with Crippen LogP contribution in [0.15, 0.2) is 72.1 Å². The molecule has 2 aromatic carbocycles. The SMILES string of the molecule is Cc1ccccc1Cn1c(SCc2ccc(C(=O)N3CCC4(CC3)OCCO4)cc2)nc2ccncc21. The van der Waals surface area contributed by atoms with Gasteiger partial charge >= 0.3 is 0 Å². The molecular weight excluding hydrogens is 484 g/mol. The third-order valence-electron chi connectivity index (χ3n) is 7.30. The Morgan fingerprint density at radius 1 is 1.03 bits per heavy atom. The largest absolute Gasteiger partial charge is 0.347 e. The molecule has 37 heavy (non-hydrogen) atoms. The maximum Gasteiger partial charge on any atom is 0.253 e. The number of aryl methyl sites for hydroxylation is 1. The van der Waals surface area contributed by atoms with Crippen LogP contribution in [0.4, 0.5) is 0 Å². The molecule has 190 valence electrons. The van der Waals surface area contributed by atoms with Crippen LogP contribution in [-0.2, 0) is 21.8 Å². The summed E-state index contributed by atoms with van der Waals surface area (Å²) in [6, 6.07) is 18.4. The van der Waals surface area contributed by atoms with Crippen molar-refractivity contribution in [3.05, 3.63) is 89.2 Å². The molecule has 0 saturated carbocycles. The first-order valence-electron chi connectivity index (χ1n) is 12.7. The predicted molar refractivity (Wildman–Crippen MR) is 144 cm³/mol. The fraction of sp³-hybridized carbons (Fsp3) is 0.345. The monoisotopic (exact) mass is 514 g/mol. The molecule has 0 radical (unpaired) electrons. The molecule has 1 spiro atoms. The number of fused-ring (bicyclic) bond motifs is 1. The molecule has 8 heteroatoms. The van der Waals surface area contributed by atoms with E-state index in [1.54, 1.807) is 18.0 Å². The molecule has 7 nitrogen and oxygen atoms in total. The molecule has 2 aromatic heterocycles. The second-order valence-electron chi connectivity index (χ2n) is 9.66. The van der Waals surface area contributed by atoms with Crippen molar-refractivity contribution in [3.63, 3.8) is 0 Å². The highest BCUT2D eigenvalue weighted by atomic mass is 32.2. The minimum absolute atomic E-state index is 0.0690. The topological polar surface area (TPSA) is 69.5 Å². The lowest BCUT2D eigenvalue weighted by molar-refractivity contribution is -0.181. The molecule has 0 N–H and O–H groups in total. The molecule has 2 aliphatic heterocycles. The van der Waals surface area contributed by atoms with Crippen molar-refractivity contribution in [1.29, 1.82) is 0 Å². The molecule has 4 heterocycles. The second-order valence-corrected chi connectivity index (χ2v) is 10.6. The summed E-state index contributed by atoms with van der Waals surface area (Å²) in [6.07, 6.45) is 5.13. The Morgan fingerprint density at radius 3 is 2.54 bits per heavy atom. The van der Waals surface area contributed by atoms with Crippen LogP contribution in [0, 0.1) is 6.92 Å². The van der Waals surface area contributed by atoms with Gasteiger partial charge in [-0.15, -0.1) is 0 Å². The highest BCUT2D eigenvalue weighted by Gasteiger charge is 2.40. The standard InChI is InChI=1S/C29H30N4O3S/c1-21-4-2-3-5-24(21)19-33-26-18-30-13-10-25(26)31-28(33)37-20-22-6-8-23(9-7-22)27(34)32-14-11-29(12-15-32)35-16-17-36-29/h2-10,13,18H,11-12,14-17,19-20H2,1H3. The number of nitrogens with zero attached hydrogens (tertiary/aromatic N) is 4. The van der Waals surface area contributed by atoms with Gasteiger partial charge in [0.25, 0.3) is 5.91 Å². The van der Waals surface area contributed by atoms with Gasteiger partial charge in [-0.1, -0.05) is 48.2 Å². The average Bonchev–Trinajstić information content (AvgIpc) is 3.53. The number of thioether (sulfide) groups is 1. The van der Waals surface area contributed by atoms with Gasteiger partial charge in [-0.05, 0) is 41.8 Å². The van der Waals surface area contributed by atoms with E-state index in [1.165, 1.54) is 11.1 Å². The van der Waals surface area contributed by atoms with E-state index < -0.39 is 5.79 Å². The van der Waals surface area contributed by atoms with E-state index >= 15 is 0 Å². The van der Waals surface area contributed by atoms with Crippen molar-refractivity contribution in [1.82, 2.24) is 19.4 Å². The van der Waals surface area contributed by atoms with Crippen molar-refractivity contribution < 1.29 is 14.3 Å². The average molecular weight is 515 g/mol. The Bertz CT molecular complexity index is 1400. The first-order chi connectivity index (χ1) is 18.1. The number of amides is 1. The smallest absolute Gasteiger partial charge is 0.253 e.